The number of nitrogens with two attached hydrogens (primary N) is 1. The van der Waals surface area contributed by atoms with Crippen molar-refractivity contribution in [2.24, 2.45) is 10.1 Å². The van der Waals surface area contributed by atoms with Crippen LogP contribution in [0.3, 0.4) is 0 Å². The number of guanidine groups is 1. The molecule has 35 heavy (non-hydrogen) atoms. The summed E-state index contributed by atoms with van der Waals surface area (Å²) in [4.78, 5) is 27.4. The molecule has 1 aliphatic heterocycles. The molecule has 4 rings (SSSR count). The van der Waals surface area contributed by atoms with Gasteiger partial charge in [0.15, 0.2) is 5.43 Å². The zero-order chi connectivity index (χ0) is 25.3. The zero-order valence-corrected chi connectivity index (χ0v) is 19.7. The molecule has 2 aromatic carbocycles. The molecule has 0 unspecified atom stereocenters. The molecule has 0 spiro atoms. The molecule has 0 aliphatic carbocycles. The molecule has 1 aromatic heterocycles. The van der Waals surface area contributed by atoms with E-state index in [1.165, 1.54) is 22.8 Å². The molecule has 184 valence electrons. The summed E-state index contributed by atoms with van der Waals surface area (Å²) in [6, 6.07) is 11.3. The minimum Gasteiger partial charge on any atom is -0.477 e. The normalized spacial score (nSPS) is 15.0. The second-order valence-electron chi connectivity index (χ2n) is 7.98. The number of aryl methyl sites for hydroxylation is 1. The highest BCUT2D eigenvalue weighted by atomic mass is 32.2. The Morgan fingerprint density at radius 3 is 2.37 bits per heavy atom. The molecule has 2 heterocycles. The number of aromatic carboxylic acids is 1. The van der Waals surface area contributed by atoms with Gasteiger partial charge in [0, 0.05) is 44.2 Å². The molecular weight excluding hydrogens is 477 g/mol. The Balaban J connectivity index is 1.60. The number of rotatable bonds is 5. The van der Waals surface area contributed by atoms with Crippen LogP contribution in [0, 0.1) is 5.82 Å². The van der Waals surface area contributed by atoms with E-state index in [1.54, 1.807) is 34.9 Å². The SMILES string of the molecule is CCn1c(C(=O)O)cc(=O)c2cc(F)c(N3CCN(/C(N)=N/S(=O)(=O)c4ccccc4)CC3)cc21. The molecule has 3 N–H and O–H groups in total. The van der Waals surface area contributed by atoms with Crippen molar-refractivity contribution >= 4 is 38.5 Å². The summed E-state index contributed by atoms with van der Waals surface area (Å²) in [7, 11) is -3.96. The number of benzene rings is 2. The van der Waals surface area contributed by atoms with Crippen molar-refractivity contribution < 1.29 is 22.7 Å². The van der Waals surface area contributed by atoms with Gasteiger partial charge in [0.25, 0.3) is 10.0 Å². The Kier molecular flexibility index (Phi) is 6.48. The van der Waals surface area contributed by atoms with Gasteiger partial charge in [0.1, 0.15) is 11.5 Å². The maximum atomic E-state index is 15.0. The number of aromatic nitrogens is 1. The van der Waals surface area contributed by atoms with E-state index in [1.807, 2.05) is 0 Å². The van der Waals surface area contributed by atoms with Gasteiger partial charge in [-0.05, 0) is 31.2 Å². The van der Waals surface area contributed by atoms with E-state index in [0.29, 0.717) is 18.6 Å². The number of carboxylic acid groups (broad SMARTS) is 1. The van der Waals surface area contributed by atoms with Gasteiger partial charge in [0.05, 0.1) is 16.1 Å². The molecule has 0 atom stereocenters. The number of sulfonamides is 1. The largest absolute Gasteiger partial charge is 0.477 e. The van der Waals surface area contributed by atoms with Gasteiger partial charge in [0.2, 0.25) is 5.96 Å². The molecule has 0 amide bonds. The minimum absolute atomic E-state index is 0.0301. The zero-order valence-electron chi connectivity index (χ0n) is 18.9. The number of hydrogen-bond acceptors (Lipinski definition) is 5. The standard InChI is InChI=1S/C23H24FN5O5S/c1-2-29-18-13-19(17(24)12-16(18)21(30)14-20(29)22(31)32)27-8-10-28(11-9-27)23(25)26-35(33,34)15-6-4-3-5-7-15/h3-7,12-14H,2,8-11H2,1H3,(H2,25,26)(H,31,32). The van der Waals surface area contributed by atoms with Gasteiger partial charge in [-0.2, -0.15) is 8.42 Å². The lowest BCUT2D eigenvalue weighted by Gasteiger charge is -2.36. The number of carbonyl (C=O) groups is 1. The molecule has 1 aliphatic rings. The predicted octanol–water partition coefficient (Wildman–Crippen LogP) is 1.68. The molecule has 0 bridgehead atoms. The van der Waals surface area contributed by atoms with Gasteiger partial charge >= 0.3 is 5.97 Å². The number of pyridine rings is 1. The van der Waals surface area contributed by atoms with Crippen LogP contribution in [-0.4, -0.2) is 61.1 Å². The summed E-state index contributed by atoms with van der Waals surface area (Å²) in [6.07, 6.45) is 0. The Labute approximate surface area is 200 Å². The fourth-order valence-electron chi connectivity index (χ4n) is 4.14. The predicted molar refractivity (Wildman–Crippen MR) is 130 cm³/mol. The number of nitrogens with zero attached hydrogens (tertiary/aromatic N) is 4. The van der Waals surface area contributed by atoms with E-state index >= 15 is 0 Å². The first-order valence-electron chi connectivity index (χ1n) is 10.9. The number of anilines is 1. The van der Waals surface area contributed by atoms with Gasteiger partial charge < -0.3 is 25.2 Å². The fourth-order valence-corrected chi connectivity index (χ4v) is 5.11. The topological polar surface area (TPSA) is 138 Å². The first kappa shape index (κ1) is 24.2. The van der Waals surface area contributed by atoms with Crippen LogP contribution in [0.25, 0.3) is 10.9 Å². The third-order valence-corrected chi connectivity index (χ3v) is 7.21. The highest BCUT2D eigenvalue weighted by Gasteiger charge is 2.24. The lowest BCUT2D eigenvalue weighted by molar-refractivity contribution is 0.0685. The van der Waals surface area contributed by atoms with Crippen molar-refractivity contribution in [2.45, 2.75) is 18.4 Å². The first-order valence-corrected chi connectivity index (χ1v) is 12.3. The number of piperazine rings is 1. The highest BCUT2D eigenvalue weighted by molar-refractivity contribution is 7.90. The van der Waals surface area contributed by atoms with Crippen molar-refractivity contribution in [2.75, 3.05) is 31.1 Å². The van der Waals surface area contributed by atoms with Crippen LogP contribution in [0.15, 0.2) is 62.6 Å². The van der Waals surface area contributed by atoms with E-state index < -0.39 is 27.2 Å². The van der Waals surface area contributed by atoms with Crippen LogP contribution in [-0.2, 0) is 16.6 Å². The van der Waals surface area contributed by atoms with Crippen LogP contribution >= 0.6 is 0 Å². The molecule has 0 saturated carbocycles. The monoisotopic (exact) mass is 501 g/mol. The van der Waals surface area contributed by atoms with Crippen LogP contribution in [0.1, 0.15) is 17.4 Å². The number of carboxylic acids is 1. The smallest absolute Gasteiger partial charge is 0.352 e. The van der Waals surface area contributed by atoms with E-state index in [2.05, 4.69) is 4.40 Å². The van der Waals surface area contributed by atoms with Crippen LogP contribution in [0.4, 0.5) is 10.1 Å². The molecule has 12 heteroatoms. The molecule has 3 aromatic rings. The fraction of sp³-hybridized carbons (Fsp3) is 0.261. The number of fused-ring (bicyclic) bond motifs is 1. The number of halogens is 1. The quantitative estimate of drug-likeness (QED) is 0.398. The van der Waals surface area contributed by atoms with E-state index in [0.717, 1.165) is 12.1 Å². The van der Waals surface area contributed by atoms with E-state index in [4.69, 9.17) is 5.73 Å². The Hall–Kier alpha value is -3.93. The summed E-state index contributed by atoms with van der Waals surface area (Å²) in [5.41, 5.74) is 5.77. The van der Waals surface area contributed by atoms with Gasteiger partial charge in [-0.1, -0.05) is 18.2 Å². The Morgan fingerprint density at radius 1 is 1.11 bits per heavy atom. The third kappa shape index (κ3) is 4.69. The third-order valence-electron chi connectivity index (χ3n) is 5.91. The summed E-state index contributed by atoms with van der Waals surface area (Å²) >= 11 is 0. The molecule has 0 radical (unpaired) electrons. The average Bonchev–Trinajstić information content (AvgIpc) is 2.84. The van der Waals surface area contributed by atoms with Crippen LogP contribution in [0.2, 0.25) is 0 Å². The molecular formula is C23H24FN5O5S. The second kappa shape index (κ2) is 9.37. The minimum atomic E-state index is -3.96. The average molecular weight is 502 g/mol. The van der Waals surface area contributed by atoms with Gasteiger partial charge in [-0.3, -0.25) is 4.79 Å². The van der Waals surface area contributed by atoms with Crippen molar-refractivity contribution in [3.8, 4) is 0 Å². The van der Waals surface area contributed by atoms with Crippen molar-refractivity contribution in [1.29, 1.82) is 0 Å². The van der Waals surface area contributed by atoms with Crippen molar-refractivity contribution in [3.05, 3.63) is 70.3 Å². The van der Waals surface area contributed by atoms with Crippen molar-refractivity contribution in [1.82, 2.24) is 9.47 Å². The van der Waals surface area contributed by atoms with E-state index in [9.17, 15) is 27.5 Å². The molecule has 1 fully saturated rings. The lowest BCUT2D eigenvalue weighted by Crippen LogP contribution is -2.51. The Bertz CT molecular complexity index is 1480. The second-order valence-corrected chi connectivity index (χ2v) is 9.58. The maximum absolute atomic E-state index is 15.0. The summed E-state index contributed by atoms with van der Waals surface area (Å²) in [6.45, 7) is 3.20. The first-order chi connectivity index (χ1) is 16.6. The van der Waals surface area contributed by atoms with Gasteiger partial charge in [-0.25, -0.2) is 9.18 Å². The summed E-state index contributed by atoms with van der Waals surface area (Å²) in [5.74, 6) is -2.01. The maximum Gasteiger partial charge on any atom is 0.352 e. The van der Waals surface area contributed by atoms with Crippen LogP contribution in [0.5, 0.6) is 0 Å². The van der Waals surface area contributed by atoms with Crippen LogP contribution < -0.4 is 16.1 Å². The number of hydrogen-bond donors (Lipinski definition) is 2. The van der Waals surface area contributed by atoms with Crippen molar-refractivity contribution in [3.63, 3.8) is 0 Å². The van der Waals surface area contributed by atoms with Gasteiger partial charge in [-0.15, -0.1) is 4.40 Å². The summed E-state index contributed by atoms with van der Waals surface area (Å²) in [5, 5.41) is 9.57. The molecule has 1 saturated heterocycles. The summed E-state index contributed by atoms with van der Waals surface area (Å²) < 4.78 is 45.1. The highest BCUT2D eigenvalue weighted by Crippen LogP contribution is 2.27. The van der Waals surface area contributed by atoms with E-state index in [-0.39, 0.29) is 47.3 Å². The lowest BCUT2D eigenvalue weighted by atomic mass is 10.1. The molecule has 10 nitrogen and oxygen atoms in total. The Morgan fingerprint density at radius 2 is 1.77 bits per heavy atom.